The molecule has 140 valence electrons. The first-order valence-electron chi connectivity index (χ1n) is 9.39. The van der Waals surface area contributed by atoms with Crippen LogP contribution in [-0.2, 0) is 11.2 Å². The van der Waals surface area contributed by atoms with Crippen LogP contribution in [0.15, 0.2) is 35.3 Å². The predicted octanol–water partition coefficient (Wildman–Crippen LogP) is 3.48. The molecule has 1 heterocycles. The first kappa shape index (κ1) is 20.1. The van der Waals surface area contributed by atoms with E-state index in [4.69, 9.17) is 9.73 Å². The summed E-state index contributed by atoms with van der Waals surface area (Å²) in [4.78, 5) is 4.89. The maximum absolute atomic E-state index is 5.53. The van der Waals surface area contributed by atoms with E-state index in [1.165, 1.54) is 5.56 Å². The number of rotatable bonds is 8. The lowest BCUT2D eigenvalue weighted by atomic mass is 9.99. The molecule has 1 aliphatic heterocycles. The van der Waals surface area contributed by atoms with Gasteiger partial charge in [0, 0.05) is 30.5 Å². The van der Waals surface area contributed by atoms with Gasteiger partial charge in [0.2, 0.25) is 0 Å². The van der Waals surface area contributed by atoms with Crippen molar-refractivity contribution in [3.63, 3.8) is 0 Å². The minimum absolute atomic E-state index is 0.230. The zero-order valence-electron chi connectivity index (χ0n) is 15.9. The molecule has 1 atom stereocenters. The van der Waals surface area contributed by atoms with Crippen molar-refractivity contribution in [2.45, 2.75) is 50.3 Å². The molecule has 0 spiro atoms. The van der Waals surface area contributed by atoms with Crippen LogP contribution in [0.2, 0.25) is 0 Å². The molecule has 1 saturated heterocycles. The van der Waals surface area contributed by atoms with E-state index < -0.39 is 0 Å². The van der Waals surface area contributed by atoms with E-state index >= 15 is 0 Å². The second-order valence-corrected chi connectivity index (χ2v) is 8.04. The van der Waals surface area contributed by atoms with E-state index in [1.807, 2.05) is 11.8 Å². The lowest BCUT2D eigenvalue weighted by molar-refractivity contribution is 0.0794. The third kappa shape index (κ3) is 6.90. The Bertz CT molecular complexity index is 515. The molecule has 0 radical (unpaired) electrons. The second kappa shape index (κ2) is 10.7. The van der Waals surface area contributed by atoms with Gasteiger partial charge in [-0.1, -0.05) is 30.3 Å². The summed E-state index contributed by atoms with van der Waals surface area (Å²) in [5.41, 5.74) is 1.39. The van der Waals surface area contributed by atoms with Gasteiger partial charge in [0.25, 0.3) is 0 Å². The molecule has 1 aromatic rings. The topological polar surface area (TPSA) is 45.7 Å². The van der Waals surface area contributed by atoms with Crippen molar-refractivity contribution in [3.8, 4) is 0 Å². The number of aryl methyl sites for hydroxylation is 1. The Balaban J connectivity index is 1.87. The molecule has 1 aromatic carbocycles. The zero-order valence-corrected chi connectivity index (χ0v) is 16.7. The van der Waals surface area contributed by atoms with E-state index in [2.05, 4.69) is 61.1 Å². The van der Waals surface area contributed by atoms with Crippen LogP contribution in [0.1, 0.15) is 38.7 Å². The maximum Gasteiger partial charge on any atom is 0.191 e. The summed E-state index contributed by atoms with van der Waals surface area (Å²) in [5, 5.41) is 6.96. The first-order chi connectivity index (χ1) is 12.2. The van der Waals surface area contributed by atoms with Gasteiger partial charge in [0.15, 0.2) is 5.96 Å². The maximum atomic E-state index is 5.53. The monoisotopic (exact) mass is 363 g/mol. The predicted molar refractivity (Wildman–Crippen MR) is 110 cm³/mol. The number of nitrogens with zero attached hydrogens (tertiary/aromatic N) is 1. The number of nitrogens with one attached hydrogen (secondary N) is 2. The van der Waals surface area contributed by atoms with Crippen molar-refractivity contribution in [1.82, 2.24) is 10.6 Å². The van der Waals surface area contributed by atoms with Crippen LogP contribution in [-0.4, -0.2) is 49.3 Å². The smallest absolute Gasteiger partial charge is 0.191 e. The average molecular weight is 364 g/mol. The van der Waals surface area contributed by atoms with Gasteiger partial charge in [-0.2, -0.15) is 11.8 Å². The molecule has 0 bridgehead atoms. The number of hydrogen-bond acceptors (Lipinski definition) is 3. The van der Waals surface area contributed by atoms with Crippen LogP contribution in [0, 0.1) is 0 Å². The summed E-state index contributed by atoms with van der Waals surface area (Å²) >= 11 is 1.94. The fraction of sp³-hybridized carbons (Fsp3) is 0.650. The highest BCUT2D eigenvalue weighted by molar-refractivity contribution is 8.00. The van der Waals surface area contributed by atoms with E-state index in [-0.39, 0.29) is 4.75 Å². The number of ether oxygens (including phenoxy) is 1. The molecule has 2 N–H and O–H groups in total. The fourth-order valence-electron chi connectivity index (χ4n) is 3.05. The quantitative estimate of drug-likeness (QED) is 0.548. The Morgan fingerprint density at radius 1 is 1.28 bits per heavy atom. The zero-order chi connectivity index (χ0) is 18.0. The molecule has 1 aliphatic rings. The van der Waals surface area contributed by atoms with Crippen molar-refractivity contribution in [3.05, 3.63) is 35.9 Å². The average Bonchev–Trinajstić information content (AvgIpc) is 2.66. The summed E-state index contributed by atoms with van der Waals surface area (Å²) in [6, 6.07) is 11.1. The minimum atomic E-state index is 0.230. The molecule has 0 aromatic heterocycles. The van der Waals surface area contributed by atoms with Gasteiger partial charge in [-0.3, -0.25) is 4.99 Å². The van der Waals surface area contributed by atoms with E-state index in [1.54, 1.807) is 0 Å². The van der Waals surface area contributed by atoms with Gasteiger partial charge < -0.3 is 15.4 Å². The minimum Gasteiger partial charge on any atom is -0.381 e. The molecule has 2 rings (SSSR count). The number of benzene rings is 1. The summed E-state index contributed by atoms with van der Waals surface area (Å²) in [7, 11) is 0. The largest absolute Gasteiger partial charge is 0.381 e. The lowest BCUT2D eigenvalue weighted by Crippen LogP contribution is -2.44. The first-order valence-corrected chi connectivity index (χ1v) is 10.6. The number of thioether (sulfide) groups is 1. The van der Waals surface area contributed by atoms with Crippen molar-refractivity contribution in [1.29, 1.82) is 0 Å². The Kier molecular flexibility index (Phi) is 8.62. The number of hydrogen-bond donors (Lipinski definition) is 2. The lowest BCUT2D eigenvalue weighted by Gasteiger charge is -2.34. The second-order valence-electron chi connectivity index (χ2n) is 6.76. The van der Waals surface area contributed by atoms with Crippen LogP contribution in [0.25, 0.3) is 0 Å². The van der Waals surface area contributed by atoms with Crippen LogP contribution in [0.3, 0.4) is 0 Å². The van der Waals surface area contributed by atoms with Gasteiger partial charge in [0.05, 0.1) is 6.54 Å². The van der Waals surface area contributed by atoms with Gasteiger partial charge in [0.1, 0.15) is 0 Å². The standard InChI is InChI=1S/C20H33N3OS/c1-4-21-19(22-16-20(25-3)12-14-24-15-13-20)23-17(2)10-11-18-8-6-5-7-9-18/h5-9,17H,4,10-16H2,1-3H3,(H2,21,22,23). The summed E-state index contributed by atoms with van der Waals surface area (Å²) < 4.78 is 5.76. The Morgan fingerprint density at radius 3 is 2.64 bits per heavy atom. The van der Waals surface area contributed by atoms with Crippen molar-refractivity contribution < 1.29 is 4.74 Å². The Labute approximate surface area is 157 Å². The molecule has 4 nitrogen and oxygen atoms in total. The molecule has 1 fully saturated rings. The molecule has 5 heteroatoms. The number of guanidine groups is 1. The Hall–Kier alpha value is -1.20. The molecule has 0 saturated carbocycles. The highest BCUT2D eigenvalue weighted by Gasteiger charge is 2.31. The van der Waals surface area contributed by atoms with Crippen LogP contribution >= 0.6 is 11.8 Å². The van der Waals surface area contributed by atoms with Gasteiger partial charge >= 0.3 is 0 Å². The summed E-state index contributed by atoms with van der Waals surface area (Å²) in [6.45, 7) is 7.78. The summed E-state index contributed by atoms with van der Waals surface area (Å²) in [6.07, 6.45) is 6.54. The third-order valence-corrected chi connectivity index (χ3v) is 6.20. The highest BCUT2D eigenvalue weighted by Crippen LogP contribution is 2.33. The van der Waals surface area contributed by atoms with Crippen LogP contribution < -0.4 is 10.6 Å². The molecule has 0 amide bonds. The Morgan fingerprint density at radius 2 is 2.00 bits per heavy atom. The van der Waals surface area contributed by atoms with E-state index in [9.17, 15) is 0 Å². The van der Waals surface area contributed by atoms with E-state index in [0.717, 1.165) is 57.9 Å². The fourth-order valence-corrected chi connectivity index (χ4v) is 3.82. The van der Waals surface area contributed by atoms with Crippen molar-refractivity contribution in [2.75, 3.05) is 32.6 Å². The molecule has 1 unspecified atom stereocenters. The highest BCUT2D eigenvalue weighted by atomic mass is 32.2. The van der Waals surface area contributed by atoms with Gasteiger partial charge in [-0.25, -0.2) is 0 Å². The van der Waals surface area contributed by atoms with Crippen molar-refractivity contribution >= 4 is 17.7 Å². The summed E-state index contributed by atoms with van der Waals surface area (Å²) in [5.74, 6) is 0.933. The molecular formula is C20H33N3OS. The third-order valence-electron chi connectivity index (χ3n) is 4.80. The van der Waals surface area contributed by atoms with Gasteiger partial charge in [-0.15, -0.1) is 0 Å². The molecule has 25 heavy (non-hydrogen) atoms. The molecule has 0 aliphatic carbocycles. The SMILES string of the molecule is CCNC(=NCC1(SC)CCOCC1)NC(C)CCc1ccccc1. The van der Waals surface area contributed by atoms with E-state index in [0.29, 0.717) is 6.04 Å². The van der Waals surface area contributed by atoms with Crippen molar-refractivity contribution in [2.24, 2.45) is 4.99 Å². The van der Waals surface area contributed by atoms with Crippen LogP contribution in [0.4, 0.5) is 0 Å². The van der Waals surface area contributed by atoms with Crippen LogP contribution in [0.5, 0.6) is 0 Å². The van der Waals surface area contributed by atoms with Gasteiger partial charge in [-0.05, 0) is 51.3 Å². The number of aliphatic imine (C=N–C) groups is 1. The molecular weight excluding hydrogens is 330 g/mol. The normalized spacial score (nSPS) is 18.6.